The number of alkyl halides is 6. The maximum absolute atomic E-state index is 13.6. The fraction of sp³-hybridized carbons (Fsp3) is 0.158. The molecule has 3 aromatic rings. The molecular formula is C19H12ClF6N3O. The molecule has 1 amide bonds. The second-order valence-electron chi connectivity index (χ2n) is 6.17. The first-order valence-electron chi connectivity index (χ1n) is 8.32. The van der Waals surface area contributed by atoms with Gasteiger partial charge in [-0.15, -0.1) is 0 Å². The van der Waals surface area contributed by atoms with Crippen molar-refractivity contribution in [1.82, 2.24) is 15.1 Å². The fourth-order valence-electron chi connectivity index (χ4n) is 2.70. The first-order valence-corrected chi connectivity index (χ1v) is 8.70. The number of benzene rings is 2. The molecule has 0 saturated heterocycles. The topological polar surface area (TPSA) is 46.9 Å². The highest BCUT2D eigenvalue weighted by Gasteiger charge is 2.40. The van der Waals surface area contributed by atoms with Crippen LogP contribution in [0.25, 0.3) is 5.69 Å². The first kappa shape index (κ1) is 21.7. The van der Waals surface area contributed by atoms with Gasteiger partial charge in [0.25, 0.3) is 5.91 Å². The van der Waals surface area contributed by atoms with E-state index in [1.54, 1.807) is 0 Å². The highest BCUT2D eigenvalue weighted by molar-refractivity contribution is 6.30. The monoisotopic (exact) mass is 447 g/mol. The number of rotatable bonds is 4. The maximum atomic E-state index is 13.6. The van der Waals surface area contributed by atoms with Crippen molar-refractivity contribution >= 4 is 17.5 Å². The molecule has 0 spiro atoms. The van der Waals surface area contributed by atoms with Crippen molar-refractivity contribution in [1.29, 1.82) is 0 Å². The molecule has 0 bridgehead atoms. The van der Waals surface area contributed by atoms with Gasteiger partial charge in [-0.1, -0.05) is 23.7 Å². The Kier molecular flexibility index (Phi) is 5.80. The van der Waals surface area contributed by atoms with Gasteiger partial charge in [0, 0.05) is 11.6 Å². The van der Waals surface area contributed by atoms with Crippen LogP contribution in [0.15, 0.2) is 54.7 Å². The summed E-state index contributed by atoms with van der Waals surface area (Å²) in [6, 6.07) is 9.45. The molecular weight excluding hydrogens is 436 g/mol. The van der Waals surface area contributed by atoms with Crippen molar-refractivity contribution < 1.29 is 31.1 Å². The number of nitrogens with one attached hydrogen (secondary N) is 1. The number of hydrogen-bond donors (Lipinski definition) is 1. The molecule has 1 heterocycles. The van der Waals surface area contributed by atoms with Gasteiger partial charge in [0.2, 0.25) is 0 Å². The zero-order chi connectivity index (χ0) is 22.1. The van der Waals surface area contributed by atoms with E-state index in [0.29, 0.717) is 9.70 Å². The van der Waals surface area contributed by atoms with Crippen molar-refractivity contribution in [3.8, 4) is 5.69 Å². The molecule has 11 heteroatoms. The third-order valence-electron chi connectivity index (χ3n) is 4.06. The van der Waals surface area contributed by atoms with Crippen LogP contribution in [0.4, 0.5) is 26.3 Å². The van der Waals surface area contributed by atoms with Gasteiger partial charge in [-0.25, -0.2) is 4.68 Å². The van der Waals surface area contributed by atoms with Gasteiger partial charge in [-0.3, -0.25) is 4.79 Å². The van der Waals surface area contributed by atoms with Crippen LogP contribution in [0, 0.1) is 0 Å². The third-order valence-corrected chi connectivity index (χ3v) is 4.31. The highest BCUT2D eigenvalue weighted by atomic mass is 35.5. The average Bonchev–Trinajstić information content (AvgIpc) is 3.12. The summed E-state index contributed by atoms with van der Waals surface area (Å²) in [5, 5.41) is 6.15. The largest absolute Gasteiger partial charge is 0.434 e. The van der Waals surface area contributed by atoms with Crippen LogP contribution in [0.5, 0.6) is 0 Å². The van der Waals surface area contributed by atoms with E-state index in [9.17, 15) is 31.1 Å². The third kappa shape index (κ3) is 4.76. The molecule has 1 N–H and O–H groups in total. The number of halogens is 7. The van der Waals surface area contributed by atoms with Crippen LogP contribution in [0.3, 0.4) is 0 Å². The van der Waals surface area contributed by atoms with Gasteiger partial charge in [-0.05, 0) is 42.0 Å². The number of carbonyl (C=O) groups is 1. The molecule has 3 rings (SSSR count). The SMILES string of the molecule is O=C(NCc1cccc(C(F)(F)F)c1)c1cnn(-c2ccc(Cl)cc2)c1C(F)(F)F. The minimum Gasteiger partial charge on any atom is -0.348 e. The predicted molar refractivity (Wildman–Crippen MR) is 96.2 cm³/mol. The zero-order valence-electron chi connectivity index (χ0n) is 14.9. The average molecular weight is 448 g/mol. The lowest BCUT2D eigenvalue weighted by Gasteiger charge is -2.13. The molecule has 0 aliphatic carbocycles. The Morgan fingerprint density at radius 2 is 1.67 bits per heavy atom. The van der Waals surface area contributed by atoms with Crippen molar-refractivity contribution in [2.24, 2.45) is 0 Å². The Bertz CT molecular complexity index is 1060. The summed E-state index contributed by atoms with van der Waals surface area (Å²) in [5.74, 6) is -1.13. The summed E-state index contributed by atoms with van der Waals surface area (Å²) in [6.45, 7) is -0.397. The smallest absolute Gasteiger partial charge is 0.348 e. The van der Waals surface area contributed by atoms with Crippen molar-refractivity contribution in [2.75, 3.05) is 0 Å². The van der Waals surface area contributed by atoms with Gasteiger partial charge in [0.05, 0.1) is 23.0 Å². The fourth-order valence-corrected chi connectivity index (χ4v) is 2.83. The molecule has 4 nitrogen and oxygen atoms in total. The van der Waals surface area contributed by atoms with Gasteiger partial charge in [-0.2, -0.15) is 31.4 Å². The molecule has 0 aliphatic heterocycles. The van der Waals surface area contributed by atoms with Gasteiger partial charge in [0.1, 0.15) is 0 Å². The number of aromatic nitrogens is 2. The molecule has 2 aromatic carbocycles. The van der Waals surface area contributed by atoms with E-state index in [1.165, 1.54) is 30.3 Å². The van der Waals surface area contributed by atoms with Crippen molar-refractivity contribution in [2.45, 2.75) is 18.9 Å². The van der Waals surface area contributed by atoms with E-state index in [4.69, 9.17) is 11.6 Å². The second kappa shape index (κ2) is 8.02. The van der Waals surface area contributed by atoms with Gasteiger partial charge >= 0.3 is 12.4 Å². The number of nitrogens with zero attached hydrogens (tertiary/aromatic N) is 2. The van der Waals surface area contributed by atoms with E-state index in [1.807, 2.05) is 0 Å². The summed E-state index contributed by atoms with van der Waals surface area (Å²) in [6.07, 6.45) is -8.75. The van der Waals surface area contributed by atoms with Crippen molar-refractivity contribution in [3.05, 3.63) is 82.1 Å². The molecule has 0 saturated carbocycles. The summed E-state index contributed by atoms with van der Waals surface area (Å²) < 4.78 is 79.7. The number of carbonyl (C=O) groups excluding carboxylic acids is 1. The van der Waals surface area contributed by atoms with Crippen LogP contribution in [0.1, 0.15) is 27.2 Å². The molecule has 0 aliphatic rings. The van der Waals surface area contributed by atoms with Gasteiger partial charge in [0.15, 0.2) is 5.69 Å². The molecule has 1 aromatic heterocycles. The molecule has 0 unspecified atom stereocenters. The van der Waals surface area contributed by atoms with Gasteiger partial charge < -0.3 is 5.32 Å². The van der Waals surface area contributed by atoms with E-state index in [-0.39, 0.29) is 11.3 Å². The summed E-state index contributed by atoms with van der Waals surface area (Å²) >= 11 is 5.74. The standard InChI is InChI=1S/C19H12ClF6N3O/c20-13-4-6-14(7-5-13)29-16(19(24,25)26)15(10-28-29)17(30)27-9-11-2-1-3-12(8-11)18(21,22)23/h1-8,10H,9H2,(H,27,30). The van der Waals surface area contributed by atoms with Crippen LogP contribution in [0.2, 0.25) is 5.02 Å². The lowest BCUT2D eigenvalue weighted by Crippen LogP contribution is -2.26. The Labute approximate surface area is 171 Å². The minimum absolute atomic E-state index is 0.0312. The van der Waals surface area contributed by atoms with Crippen LogP contribution in [-0.4, -0.2) is 15.7 Å². The number of amides is 1. The first-order chi connectivity index (χ1) is 14.0. The Morgan fingerprint density at radius 3 is 2.27 bits per heavy atom. The lowest BCUT2D eigenvalue weighted by atomic mass is 10.1. The summed E-state index contributed by atoms with van der Waals surface area (Å²) in [7, 11) is 0. The van der Waals surface area contributed by atoms with Crippen LogP contribution < -0.4 is 5.32 Å². The molecule has 0 fully saturated rings. The number of hydrogen-bond acceptors (Lipinski definition) is 2. The zero-order valence-corrected chi connectivity index (χ0v) is 15.6. The summed E-state index contributed by atoms with van der Waals surface area (Å²) in [4.78, 5) is 12.4. The van der Waals surface area contributed by atoms with Crippen molar-refractivity contribution in [3.63, 3.8) is 0 Å². The molecule has 158 valence electrons. The summed E-state index contributed by atoms with van der Waals surface area (Å²) in [5.41, 5.74) is -2.89. The molecule has 0 atom stereocenters. The Balaban J connectivity index is 1.87. The van der Waals surface area contributed by atoms with E-state index >= 15 is 0 Å². The van der Waals surface area contributed by atoms with E-state index < -0.39 is 41.6 Å². The molecule has 0 radical (unpaired) electrons. The molecule has 30 heavy (non-hydrogen) atoms. The minimum atomic E-state index is -4.92. The second-order valence-corrected chi connectivity index (χ2v) is 6.61. The van der Waals surface area contributed by atoms with Crippen LogP contribution >= 0.6 is 11.6 Å². The normalized spacial score (nSPS) is 12.1. The van der Waals surface area contributed by atoms with E-state index in [0.717, 1.165) is 24.4 Å². The quantitative estimate of drug-likeness (QED) is 0.537. The maximum Gasteiger partial charge on any atom is 0.434 e. The Morgan fingerprint density at radius 1 is 1.00 bits per heavy atom. The van der Waals surface area contributed by atoms with E-state index in [2.05, 4.69) is 10.4 Å². The van der Waals surface area contributed by atoms with Crippen LogP contribution in [-0.2, 0) is 18.9 Å². The predicted octanol–water partition coefficient (Wildman–Crippen LogP) is 5.49. The lowest BCUT2D eigenvalue weighted by molar-refractivity contribution is -0.143. The Hall–Kier alpha value is -3.01. The highest BCUT2D eigenvalue weighted by Crippen LogP contribution is 2.34.